The third-order valence-electron chi connectivity index (χ3n) is 6.09. The topological polar surface area (TPSA) is 63.9 Å². The molecule has 1 saturated heterocycles. The van der Waals surface area contributed by atoms with Gasteiger partial charge in [-0.1, -0.05) is 24.3 Å². The zero-order valence-corrected chi connectivity index (χ0v) is 15.3. The van der Waals surface area contributed by atoms with E-state index in [-0.39, 0.29) is 11.6 Å². The minimum absolute atomic E-state index is 0.196. The Labute approximate surface area is 158 Å². The molecule has 0 amide bonds. The zero-order chi connectivity index (χ0) is 19.0. The summed E-state index contributed by atoms with van der Waals surface area (Å²) in [6.07, 6.45) is 1.49. The van der Waals surface area contributed by atoms with Crippen LogP contribution in [0.1, 0.15) is 30.1 Å². The molecule has 2 fully saturated rings. The Hall–Kier alpha value is -1.95. The maximum Gasteiger partial charge on any atom is 0.123 e. The number of aromatic hydroxyl groups is 1. The van der Waals surface area contributed by atoms with E-state index in [1.165, 1.54) is 12.1 Å². The Morgan fingerprint density at radius 3 is 2.19 bits per heavy atom. The van der Waals surface area contributed by atoms with Gasteiger partial charge in [0, 0.05) is 26.1 Å². The van der Waals surface area contributed by atoms with Crippen LogP contribution >= 0.6 is 0 Å². The number of nitrogens with zero attached hydrogens (tertiary/aromatic N) is 1. The molecule has 27 heavy (non-hydrogen) atoms. The molecule has 144 valence electrons. The summed E-state index contributed by atoms with van der Waals surface area (Å²) < 4.78 is 13.1. The molecule has 1 heterocycles. The number of benzene rings is 2. The normalized spacial score (nSPS) is 29.0. The molecule has 1 aliphatic carbocycles. The van der Waals surface area contributed by atoms with Gasteiger partial charge in [0.1, 0.15) is 11.6 Å². The van der Waals surface area contributed by atoms with Crippen molar-refractivity contribution in [3.63, 3.8) is 0 Å². The fourth-order valence-electron chi connectivity index (χ4n) is 4.88. The number of likely N-dealkylation sites (tertiary alicyclic amines) is 1. The Morgan fingerprint density at radius 1 is 1.00 bits per heavy atom. The van der Waals surface area contributed by atoms with Gasteiger partial charge in [0.05, 0.1) is 11.7 Å². The summed E-state index contributed by atoms with van der Waals surface area (Å²) in [5.74, 6) is 0.809. The van der Waals surface area contributed by atoms with Gasteiger partial charge in [-0.2, -0.15) is 0 Å². The zero-order valence-electron chi connectivity index (χ0n) is 15.3. The monoisotopic (exact) mass is 371 g/mol. The van der Waals surface area contributed by atoms with Crippen molar-refractivity contribution in [2.45, 2.75) is 31.0 Å². The summed E-state index contributed by atoms with van der Waals surface area (Å²) >= 11 is 0. The van der Waals surface area contributed by atoms with E-state index in [4.69, 9.17) is 0 Å². The molecule has 2 aliphatic rings. The first-order chi connectivity index (χ1) is 12.9. The lowest BCUT2D eigenvalue weighted by atomic mass is 9.91. The quantitative estimate of drug-likeness (QED) is 0.756. The van der Waals surface area contributed by atoms with Crippen LogP contribution in [-0.4, -0.2) is 45.5 Å². The largest absolute Gasteiger partial charge is 0.508 e. The van der Waals surface area contributed by atoms with E-state index in [2.05, 4.69) is 4.90 Å². The molecule has 0 radical (unpaired) electrons. The molecule has 0 spiro atoms. The summed E-state index contributed by atoms with van der Waals surface area (Å²) in [4.78, 5) is 2.27. The minimum atomic E-state index is -0.713. The van der Waals surface area contributed by atoms with E-state index >= 15 is 0 Å². The summed E-state index contributed by atoms with van der Waals surface area (Å²) in [7, 11) is 0. The van der Waals surface area contributed by atoms with Crippen molar-refractivity contribution < 1.29 is 19.7 Å². The average Bonchev–Trinajstić information content (AvgIpc) is 3.11. The second-order valence-electron chi connectivity index (χ2n) is 8.28. The van der Waals surface area contributed by atoms with Crippen LogP contribution in [0.4, 0.5) is 4.39 Å². The number of phenolic OH excluding ortho intramolecular Hbond substituents is 1. The fourth-order valence-corrected chi connectivity index (χ4v) is 4.88. The molecule has 4 nitrogen and oxygen atoms in total. The van der Waals surface area contributed by atoms with Crippen LogP contribution in [0.25, 0.3) is 0 Å². The number of phenols is 1. The van der Waals surface area contributed by atoms with Crippen molar-refractivity contribution in [2.24, 2.45) is 11.8 Å². The van der Waals surface area contributed by atoms with E-state index < -0.39 is 11.7 Å². The highest BCUT2D eigenvalue weighted by Crippen LogP contribution is 2.45. The van der Waals surface area contributed by atoms with Crippen molar-refractivity contribution >= 4 is 0 Å². The second-order valence-corrected chi connectivity index (χ2v) is 8.28. The van der Waals surface area contributed by atoms with Crippen molar-refractivity contribution in [3.8, 4) is 5.75 Å². The van der Waals surface area contributed by atoms with Crippen molar-refractivity contribution in [1.29, 1.82) is 0 Å². The summed E-state index contributed by atoms with van der Waals surface area (Å²) in [5.41, 5.74) is 1.06. The number of aliphatic hydroxyl groups is 2. The van der Waals surface area contributed by atoms with Gasteiger partial charge in [0.25, 0.3) is 0 Å². The number of hydrogen-bond acceptors (Lipinski definition) is 4. The second kappa shape index (κ2) is 7.23. The first-order valence-electron chi connectivity index (χ1n) is 9.56. The van der Waals surface area contributed by atoms with Crippen molar-refractivity contribution in [1.82, 2.24) is 4.90 Å². The SMILES string of the molecule is Oc1ccc(C(O)CN2C[C@@H]3CC(O)(Cc4ccc(F)cc4)C[C@@H]3C2)cc1. The molecule has 5 heteroatoms. The van der Waals surface area contributed by atoms with Crippen LogP contribution in [0.2, 0.25) is 0 Å². The number of fused-ring (bicyclic) bond motifs is 1. The number of aliphatic hydroxyl groups excluding tert-OH is 1. The average molecular weight is 371 g/mol. The first-order valence-corrected chi connectivity index (χ1v) is 9.56. The molecule has 0 bridgehead atoms. The Balaban J connectivity index is 1.32. The van der Waals surface area contributed by atoms with Gasteiger partial charge in [-0.15, -0.1) is 0 Å². The lowest BCUT2D eigenvalue weighted by Gasteiger charge is -2.27. The third-order valence-corrected chi connectivity index (χ3v) is 6.09. The van der Waals surface area contributed by atoms with Gasteiger partial charge in [-0.3, -0.25) is 4.90 Å². The van der Waals surface area contributed by atoms with E-state index in [0.29, 0.717) is 24.8 Å². The number of hydrogen-bond donors (Lipinski definition) is 3. The Bertz CT molecular complexity index is 763. The van der Waals surface area contributed by atoms with Gasteiger partial charge >= 0.3 is 0 Å². The molecule has 2 aromatic rings. The third kappa shape index (κ3) is 4.15. The molecule has 4 rings (SSSR count). The highest BCUT2D eigenvalue weighted by molar-refractivity contribution is 5.27. The highest BCUT2D eigenvalue weighted by Gasteiger charge is 2.48. The van der Waals surface area contributed by atoms with Crippen LogP contribution in [0.3, 0.4) is 0 Å². The number of halogens is 1. The van der Waals surface area contributed by atoms with E-state index in [1.54, 1.807) is 36.4 Å². The highest BCUT2D eigenvalue weighted by atomic mass is 19.1. The molecule has 1 saturated carbocycles. The molecular formula is C22H26FNO3. The van der Waals surface area contributed by atoms with Crippen LogP contribution < -0.4 is 0 Å². The Morgan fingerprint density at radius 2 is 1.59 bits per heavy atom. The standard InChI is InChI=1S/C22H26FNO3/c23-19-5-1-15(2-6-19)9-22(27)10-17-12-24(13-18(17)11-22)14-21(26)16-3-7-20(25)8-4-16/h1-8,17-18,21,25-27H,9-14H2/t17-,18+,21?,22?. The van der Waals surface area contributed by atoms with Crippen molar-refractivity contribution in [3.05, 3.63) is 65.5 Å². The van der Waals surface area contributed by atoms with Gasteiger partial charge in [-0.05, 0) is 60.1 Å². The number of rotatable bonds is 5. The molecular weight excluding hydrogens is 345 g/mol. The summed E-state index contributed by atoms with van der Waals surface area (Å²) in [6.45, 7) is 2.32. The van der Waals surface area contributed by atoms with Gasteiger partial charge < -0.3 is 15.3 Å². The van der Waals surface area contributed by atoms with Gasteiger partial charge in [0.15, 0.2) is 0 Å². The fraction of sp³-hybridized carbons (Fsp3) is 0.455. The molecule has 3 N–H and O–H groups in total. The molecule has 1 aliphatic heterocycles. The summed E-state index contributed by atoms with van der Waals surface area (Å²) in [5, 5.41) is 30.8. The smallest absolute Gasteiger partial charge is 0.123 e. The van der Waals surface area contributed by atoms with Gasteiger partial charge in [-0.25, -0.2) is 4.39 Å². The van der Waals surface area contributed by atoms with E-state index in [1.807, 2.05) is 0 Å². The predicted octanol–water partition coefficient (Wildman–Crippen LogP) is 2.88. The molecule has 0 aromatic heterocycles. The molecule has 2 aromatic carbocycles. The lowest BCUT2D eigenvalue weighted by Crippen LogP contribution is -2.33. The molecule has 2 unspecified atom stereocenters. The van der Waals surface area contributed by atoms with Crippen LogP contribution in [-0.2, 0) is 6.42 Å². The van der Waals surface area contributed by atoms with E-state index in [9.17, 15) is 19.7 Å². The lowest BCUT2D eigenvalue weighted by molar-refractivity contribution is 0.0328. The predicted molar refractivity (Wildman–Crippen MR) is 101 cm³/mol. The van der Waals surface area contributed by atoms with Crippen LogP contribution in [0.5, 0.6) is 5.75 Å². The van der Waals surface area contributed by atoms with Crippen molar-refractivity contribution in [2.75, 3.05) is 19.6 Å². The van der Waals surface area contributed by atoms with E-state index in [0.717, 1.165) is 37.1 Å². The Kier molecular flexibility index (Phi) is 4.93. The number of β-amino-alcohol motifs (C(OH)–C–C–N with tert-alkyl or cyclic N) is 1. The van der Waals surface area contributed by atoms with Gasteiger partial charge in [0.2, 0.25) is 0 Å². The molecule has 4 atom stereocenters. The van der Waals surface area contributed by atoms with Crippen LogP contribution in [0, 0.1) is 17.7 Å². The maximum atomic E-state index is 13.1. The summed E-state index contributed by atoms with van der Waals surface area (Å²) in [6, 6.07) is 13.1. The first kappa shape index (κ1) is 18.4. The minimum Gasteiger partial charge on any atom is -0.508 e. The maximum absolute atomic E-state index is 13.1. The van der Waals surface area contributed by atoms with Crippen LogP contribution in [0.15, 0.2) is 48.5 Å².